The Bertz CT molecular complexity index is 954. The highest BCUT2D eigenvalue weighted by molar-refractivity contribution is 7.87. The lowest BCUT2D eigenvalue weighted by Crippen LogP contribution is -2.25. The zero-order valence-electron chi connectivity index (χ0n) is 15.7. The summed E-state index contributed by atoms with van der Waals surface area (Å²) in [6.45, 7) is 1.24. The SMILES string of the molecule is CC(OS(=O)(=O)C(F)(F)F)=C1C[C@H](c2ccccc2)O[C@@H]1CCc1ccccc1. The van der Waals surface area contributed by atoms with Crippen molar-refractivity contribution < 1.29 is 30.5 Å². The first kappa shape index (κ1) is 21.4. The lowest BCUT2D eigenvalue weighted by molar-refractivity contribution is -0.0523. The number of hydrogen-bond donors (Lipinski definition) is 0. The first-order chi connectivity index (χ1) is 13.7. The fourth-order valence-electron chi connectivity index (χ4n) is 3.34. The Kier molecular flexibility index (Phi) is 6.33. The summed E-state index contributed by atoms with van der Waals surface area (Å²) in [4.78, 5) is 0. The number of hydrogen-bond acceptors (Lipinski definition) is 4. The van der Waals surface area contributed by atoms with Crippen LogP contribution in [0.1, 0.15) is 37.0 Å². The molecule has 0 saturated carbocycles. The van der Waals surface area contributed by atoms with Crippen LogP contribution in [0, 0.1) is 0 Å². The highest BCUT2D eigenvalue weighted by atomic mass is 32.2. The van der Waals surface area contributed by atoms with Crippen molar-refractivity contribution in [2.75, 3.05) is 0 Å². The van der Waals surface area contributed by atoms with Crippen molar-refractivity contribution in [1.29, 1.82) is 0 Å². The molecule has 0 amide bonds. The van der Waals surface area contributed by atoms with Crippen LogP contribution >= 0.6 is 0 Å². The topological polar surface area (TPSA) is 52.6 Å². The van der Waals surface area contributed by atoms with Crippen molar-refractivity contribution >= 4 is 10.1 Å². The zero-order chi connectivity index (χ0) is 21.1. The molecule has 0 aliphatic carbocycles. The zero-order valence-corrected chi connectivity index (χ0v) is 16.5. The van der Waals surface area contributed by atoms with E-state index in [1.165, 1.54) is 6.92 Å². The van der Waals surface area contributed by atoms with Crippen LogP contribution in [0.25, 0.3) is 0 Å². The summed E-state index contributed by atoms with van der Waals surface area (Å²) >= 11 is 0. The molecule has 3 rings (SSSR count). The minimum absolute atomic E-state index is 0.267. The van der Waals surface area contributed by atoms with Gasteiger partial charge >= 0.3 is 15.6 Å². The first-order valence-electron chi connectivity index (χ1n) is 9.12. The summed E-state index contributed by atoms with van der Waals surface area (Å²) in [5.74, 6) is -0.279. The Hall–Kier alpha value is -2.32. The second-order valence-corrected chi connectivity index (χ2v) is 8.35. The monoisotopic (exact) mass is 426 g/mol. The normalized spacial score (nSPS) is 21.8. The van der Waals surface area contributed by atoms with Crippen LogP contribution in [-0.2, 0) is 25.5 Å². The van der Waals surface area contributed by atoms with Crippen LogP contribution in [0.4, 0.5) is 13.2 Å². The third-order valence-corrected chi connectivity index (χ3v) is 5.84. The van der Waals surface area contributed by atoms with Gasteiger partial charge in [0.1, 0.15) is 5.76 Å². The molecule has 1 aliphatic rings. The van der Waals surface area contributed by atoms with E-state index in [1.807, 2.05) is 60.7 Å². The molecule has 8 heteroatoms. The van der Waals surface area contributed by atoms with Gasteiger partial charge in [0, 0.05) is 12.0 Å². The molecule has 0 aromatic heterocycles. The molecule has 1 saturated heterocycles. The van der Waals surface area contributed by atoms with Gasteiger partial charge < -0.3 is 8.92 Å². The summed E-state index contributed by atoms with van der Waals surface area (Å²) in [6, 6.07) is 18.9. The Morgan fingerprint density at radius 2 is 1.66 bits per heavy atom. The van der Waals surface area contributed by atoms with Crippen molar-refractivity contribution in [1.82, 2.24) is 0 Å². The summed E-state index contributed by atoms with van der Waals surface area (Å²) in [5, 5.41) is 0. The maximum atomic E-state index is 12.7. The molecule has 0 bridgehead atoms. The average Bonchev–Trinajstić information content (AvgIpc) is 3.11. The molecule has 0 N–H and O–H groups in total. The lowest BCUT2D eigenvalue weighted by Gasteiger charge is -2.16. The van der Waals surface area contributed by atoms with Crippen LogP contribution in [-0.4, -0.2) is 20.0 Å². The van der Waals surface area contributed by atoms with Crippen LogP contribution in [0.2, 0.25) is 0 Å². The largest absolute Gasteiger partial charge is 0.534 e. The number of allylic oxidation sites excluding steroid dienone is 1. The summed E-state index contributed by atoms with van der Waals surface area (Å²) in [5.41, 5.74) is -3.12. The molecule has 2 aromatic carbocycles. The standard InChI is InChI=1S/C21H21F3O4S/c1-15(28-29(25,26)21(22,23)24)18-14-20(17-10-6-3-7-11-17)27-19(18)13-12-16-8-4-2-5-9-16/h2-11,19-20H,12-14H2,1H3/t19-,20-/m1/s1. The molecule has 4 nitrogen and oxygen atoms in total. The summed E-state index contributed by atoms with van der Waals surface area (Å²) in [6.07, 6.45) is 0.483. The molecule has 0 spiro atoms. The van der Waals surface area contributed by atoms with Gasteiger partial charge in [0.25, 0.3) is 0 Å². The molecular formula is C21H21F3O4S. The van der Waals surface area contributed by atoms with Gasteiger partial charge in [-0.05, 0) is 30.9 Å². The second-order valence-electron chi connectivity index (χ2n) is 6.82. The summed E-state index contributed by atoms with van der Waals surface area (Å²) in [7, 11) is -5.72. The third kappa shape index (κ3) is 5.19. The Morgan fingerprint density at radius 3 is 2.24 bits per heavy atom. The maximum Gasteiger partial charge on any atom is 0.534 e. The van der Waals surface area contributed by atoms with Gasteiger partial charge in [0.2, 0.25) is 0 Å². The Morgan fingerprint density at radius 1 is 1.07 bits per heavy atom. The van der Waals surface area contributed by atoms with E-state index in [1.54, 1.807) is 0 Å². The molecule has 1 aliphatic heterocycles. The van der Waals surface area contributed by atoms with Crippen LogP contribution < -0.4 is 0 Å². The van der Waals surface area contributed by atoms with Crippen molar-refractivity contribution in [3.63, 3.8) is 0 Å². The molecule has 156 valence electrons. The number of alkyl halides is 3. The molecular weight excluding hydrogens is 405 g/mol. The molecule has 29 heavy (non-hydrogen) atoms. The van der Waals surface area contributed by atoms with E-state index in [0.29, 0.717) is 18.4 Å². The van der Waals surface area contributed by atoms with Crippen LogP contribution in [0.5, 0.6) is 0 Å². The molecule has 0 radical (unpaired) electrons. The number of ether oxygens (including phenoxy) is 1. The second kappa shape index (κ2) is 8.59. The number of rotatable bonds is 6. The van der Waals surface area contributed by atoms with Gasteiger partial charge in [-0.3, -0.25) is 0 Å². The molecule has 2 atom stereocenters. The van der Waals surface area contributed by atoms with E-state index >= 15 is 0 Å². The van der Waals surface area contributed by atoms with Gasteiger partial charge in [-0.25, -0.2) is 0 Å². The Balaban J connectivity index is 1.85. The average molecular weight is 426 g/mol. The highest BCUT2D eigenvalue weighted by Gasteiger charge is 2.49. The predicted molar refractivity (Wildman–Crippen MR) is 102 cm³/mol. The first-order valence-corrected chi connectivity index (χ1v) is 10.5. The van der Waals surface area contributed by atoms with Crippen LogP contribution in [0.3, 0.4) is 0 Å². The smallest absolute Gasteiger partial charge is 0.381 e. The molecule has 1 fully saturated rings. The predicted octanol–water partition coefficient (Wildman–Crippen LogP) is 5.29. The van der Waals surface area contributed by atoms with E-state index in [0.717, 1.165) is 11.1 Å². The van der Waals surface area contributed by atoms with Gasteiger partial charge in [0.05, 0.1) is 12.2 Å². The number of benzene rings is 2. The van der Waals surface area contributed by atoms with Gasteiger partial charge in [-0.1, -0.05) is 60.7 Å². The minimum Gasteiger partial charge on any atom is -0.381 e. The van der Waals surface area contributed by atoms with Crippen molar-refractivity contribution in [3.05, 3.63) is 83.1 Å². The van der Waals surface area contributed by atoms with E-state index in [4.69, 9.17) is 4.74 Å². The van der Waals surface area contributed by atoms with Gasteiger partial charge in [-0.15, -0.1) is 0 Å². The maximum absolute atomic E-state index is 12.7. The highest BCUT2D eigenvalue weighted by Crippen LogP contribution is 2.41. The fourth-order valence-corrected chi connectivity index (χ4v) is 3.87. The lowest BCUT2D eigenvalue weighted by atomic mass is 9.98. The van der Waals surface area contributed by atoms with Crippen molar-refractivity contribution in [2.24, 2.45) is 0 Å². The fraction of sp³-hybridized carbons (Fsp3) is 0.333. The quantitative estimate of drug-likeness (QED) is 0.358. The van der Waals surface area contributed by atoms with E-state index in [-0.39, 0.29) is 18.3 Å². The Labute approximate surface area is 168 Å². The van der Waals surface area contributed by atoms with E-state index in [9.17, 15) is 21.6 Å². The van der Waals surface area contributed by atoms with E-state index in [2.05, 4.69) is 4.18 Å². The van der Waals surface area contributed by atoms with E-state index < -0.39 is 21.7 Å². The van der Waals surface area contributed by atoms with Gasteiger partial charge in [-0.2, -0.15) is 21.6 Å². The number of halogens is 3. The van der Waals surface area contributed by atoms with Crippen LogP contribution in [0.15, 0.2) is 72.0 Å². The molecule has 0 unspecified atom stereocenters. The summed E-state index contributed by atoms with van der Waals surface area (Å²) < 4.78 is 71.5. The van der Waals surface area contributed by atoms with Crippen molar-refractivity contribution in [3.8, 4) is 0 Å². The molecule has 2 aromatic rings. The third-order valence-electron chi connectivity index (χ3n) is 4.80. The number of aryl methyl sites for hydroxylation is 1. The van der Waals surface area contributed by atoms with Gasteiger partial charge in [0.15, 0.2) is 0 Å². The minimum atomic E-state index is -5.72. The molecule has 1 heterocycles. The van der Waals surface area contributed by atoms with Crippen molar-refractivity contribution in [2.45, 2.75) is 43.9 Å².